The summed E-state index contributed by atoms with van der Waals surface area (Å²) in [5.41, 5.74) is 4.57. The van der Waals surface area contributed by atoms with Crippen molar-refractivity contribution in [1.29, 1.82) is 0 Å². The molecule has 0 unspecified atom stereocenters. The minimum atomic E-state index is -0.968. The molecule has 0 bridgehead atoms. The van der Waals surface area contributed by atoms with Crippen LogP contribution in [0.5, 0.6) is 0 Å². The Labute approximate surface area is 71.5 Å². The van der Waals surface area contributed by atoms with Gasteiger partial charge in [0.2, 0.25) is 0 Å². The van der Waals surface area contributed by atoms with Gasteiger partial charge >= 0.3 is 5.97 Å². The van der Waals surface area contributed by atoms with Gasteiger partial charge in [-0.1, -0.05) is 0 Å². The molecule has 0 atom stereocenters. The molecule has 0 aromatic rings. The van der Waals surface area contributed by atoms with Gasteiger partial charge in [0.25, 0.3) is 0 Å². The minimum Gasteiger partial charge on any atom is -0.480 e. The third-order valence-corrected chi connectivity index (χ3v) is 0.175. The van der Waals surface area contributed by atoms with Crippen molar-refractivity contribution in [1.82, 2.24) is 0 Å². The van der Waals surface area contributed by atoms with Crippen LogP contribution in [0.25, 0.3) is 0 Å². The van der Waals surface area contributed by atoms with E-state index >= 15 is 0 Å². The first-order valence-electron chi connectivity index (χ1n) is 1.19. The van der Waals surface area contributed by atoms with Crippen molar-refractivity contribution in [3.8, 4) is 0 Å². The van der Waals surface area contributed by atoms with Gasteiger partial charge in [0, 0.05) is 43.6 Å². The molecule has 0 aliphatic carbocycles. The standard InChI is InChI=1S/C2H5NO2.Al.Zr/c3-1-2(4)5;;/h1,3H2,(H,4,5);;. The number of hydrogen-bond donors (Lipinski definition) is 2. The maximum atomic E-state index is 9.24. The van der Waals surface area contributed by atoms with E-state index in [0.29, 0.717) is 0 Å². The molecule has 0 aliphatic rings. The van der Waals surface area contributed by atoms with Crippen LogP contribution >= 0.6 is 0 Å². The normalized spacial score (nSPS) is 5.29. The fourth-order valence-corrected chi connectivity index (χ4v) is 0. The van der Waals surface area contributed by atoms with E-state index in [1.807, 2.05) is 0 Å². The molecule has 3 radical (unpaired) electrons. The summed E-state index contributed by atoms with van der Waals surface area (Å²) in [7, 11) is 0. The molecule has 0 aromatic carbocycles. The van der Waals surface area contributed by atoms with Crippen LogP contribution in [0.3, 0.4) is 0 Å². The second-order valence-electron chi connectivity index (χ2n) is 0.598. The molecule has 37 valence electrons. The Morgan fingerprint density at radius 2 is 1.86 bits per heavy atom. The van der Waals surface area contributed by atoms with E-state index in [-0.39, 0.29) is 50.1 Å². The van der Waals surface area contributed by atoms with Crippen LogP contribution in [0, 0.1) is 0 Å². The molecule has 0 aromatic heterocycles. The van der Waals surface area contributed by atoms with Gasteiger partial charge in [-0.3, -0.25) is 4.79 Å². The largest absolute Gasteiger partial charge is 0.480 e. The van der Waals surface area contributed by atoms with E-state index in [2.05, 4.69) is 5.73 Å². The molecule has 0 heterocycles. The Morgan fingerprint density at radius 1 is 1.71 bits per heavy atom. The second kappa shape index (κ2) is 9.96. The van der Waals surface area contributed by atoms with E-state index in [1.54, 1.807) is 0 Å². The summed E-state index contributed by atoms with van der Waals surface area (Å²) in [6.07, 6.45) is 0. The van der Waals surface area contributed by atoms with Gasteiger partial charge < -0.3 is 10.8 Å². The van der Waals surface area contributed by atoms with Crippen molar-refractivity contribution in [2.45, 2.75) is 0 Å². The maximum Gasteiger partial charge on any atom is 0.317 e. The van der Waals surface area contributed by atoms with E-state index < -0.39 is 5.97 Å². The number of carboxylic acids is 1. The Bertz CT molecular complexity index is 51.0. The topological polar surface area (TPSA) is 63.3 Å². The van der Waals surface area contributed by atoms with Crippen LogP contribution in [0.4, 0.5) is 0 Å². The first-order valence-corrected chi connectivity index (χ1v) is 1.19. The smallest absolute Gasteiger partial charge is 0.317 e. The Kier molecular flexibility index (Phi) is 22.3. The molecule has 7 heavy (non-hydrogen) atoms. The summed E-state index contributed by atoms with van der Waals surface area (Å²) in [6.45, 7) is -0.278. The fraction of sp³-hybridized carbons (Fsp3) is 0.500. The van der Waals surface area contributed by atoms with Crippen molar-refractivity contribution >= 4 is 23.3 Å². The first-order chi connectivity index (χ1) is 2.27. The van der Waals surface area contributed by atoms with Gasteiger partial charge in [-0.2, -0.15) is 0 Å². The van der Waals surface area contributed by atoms with Crippen molar-refractivity contribution in [2.24, 2.45) is 5.73 Å². The molecule has 0 aliphatic heterocycles. The van der Waals surface area contributed by atoms with Gasteiger partial charge in [-0.25, -0.2) is 0 Å². The molecule has 3 nitrogen and oxygen atoms in total. The van der Waals surface area contributed by atoms with Crippen molar-refractivity contribution < 1.29 is 36.1 Å². The van der Waals surface area contributed by atoms with Crippen molar-refractivity contribution in [2.75, 3.05) is 6.54 Å². The van der Waals surface area contributed by atoms with Gasteiger partial charge in [-0.05, 0) is 0 Å². The summed E-state index contributed by atoms with van der Waals surface area (Å²) in [5, 5.41) is 7.60. The Balaban J connectivity index is -0.0000000800. The number of carbonyl (C=O) groups is 1. The predicted molar refractivity (Wildman–Crippen MR) is 22.4 cm³/mol. The van der Waals surface area contributed by atoms with Crippen LogP contribution < -0.4 is 5.73 Å². The molecule has 0 rings (SSSR count). The molecular weight excluding hydrogens is 188 g/mol. The number of aliphatic carboxylic acids is 1. The zero-order valence-corrected chi connectivity index (χ0v) is 7.33. The van der Waals surface area contributed by atoms with E-state index in [1.165, 1.54) is 0 Å². The summed E-state index contributed by atoms with van der Waals surface area (Å²) >= 11 is 0. The number of nitrogens with two attached hydrogens (primary N) is 1. The molecular formula is C2H5AlNO2Zr. The molecule has 0 saturated carbocycles. The van der Waals surface area contributed by atoms with Crippen LogP contribution in [-0.2, 0) is 31.0 Å². The van der Waals surface area contributed by atoms with Crippen LogP contribution in [0.2, 0.25) is 0 Å². The molecule has 0 saturated heterocycles. The molecule has 5 heteroatoms. The van der Waals surface area contributed by atoms with E-state index in [4.69, 9.17) is 5.11 Å². The zero-order chi connectivity index (χ0) is 4.28. The van der Waals surface area contributed by atoms with Crippen LogP contribution in [0.1, 0.15) is 0 Å². The number of hydrogen-bond acceptors (Lipinski definition) is 2. The number of rotatable bonds is 1. The Hall–Kier alpha value is 0.846. The molecule has 0 spiro atoms. The molecule has 3 N–H and O–H groups in total. The van der Waals surface area contributed by atoms with Gasteiger partial charge in [0.15, 0.2) is 0 Å². The van der Waals surface area contributed by atoms with Gasteiger partial charge in [0.05, 0.1) is 6.54 Å². The third-order valence-electron chi connectivity index (χ3n) is 0.175. The SMILES string of the molecule is NCC(=O)O.[Al].[Zr]. The maximum absolute atomic E-state index is 9.24. The summed E-state index contributed by atoms with van der Waals surface area (Å²) in [5.74, 6) is -0.968. The summed E-state index contributed by atoms with van der Waals surface area (Å²) in [6, 6.07) is 0. The quantitative estimate of drug-likeness (QED) is 0.506. The average molecular weight is 193 g/mol. The summed E-state index contributed by atoms with van der Waals surface area (Å²) < 4.78 is 0. The van der Waals surface area contributed by atoms with E-state index in [9.17, 15) is 4.79 Å². The minimum absolute atomic E-state index is 0. The molecule has 0 amide bonds. The third kappa shape index (κ3) is 19.8. The van der Waals surface area contributed by atoms with Crippen molar-refractivity contribution in [3.05, 3.63) is 0 Å². The fourth-order valence-electron chi connectivity index (χ4n) is 0. The first kappa shape index (κ1) is 15.7. The average Bonchev–Trinajstić information content (AvgIpc) is 1.38. The monoisotopic (exact) mass is 192 g/mol. The van der Waals surface area contributed by atoms with Crippen molar-refractivity contribution in [3.63, 3.8) is 0 Å². The van der Waals surface area contributed by atoms with Crippen LogP contribution in [0.15, 0.2) is 0 Å². The second-order valence-corrected chi connectivity index (χ2v) is 0.598. The number of carboxylic acid groups (broad SMARTS) is 1. The predicted octanol–water partition coefficient (Wildman–Crippen LogP) is -1.35. The van der Waals surface area contributed by atoms with Crippen LogP contribution in [-0.4, -0.2) is 35.0 Å². The zero-order valence-electron chi connectivity index (χ0n) is 3.72. The van der Waals surface area contributed by atoms with Gasteiger partial charge in [0.1, 0.15) is 0 Å². The van der Waals surface area contributed by atoms with Gasteiger partial charge in [-0.15, -0.1) is 0 Å². The van der Waals surface area contributed by atoms with E-state index in [0.717, 1.165) is 0 Å². The molecule has 0 fully saturated rings. The summed E-state index contributed by atoms with van der Waals surface area (Å²) in [4.78, 5) is 9.24. The Morgan fingerprint density at radius 3 is 1.86 bits per heavy atom.